The Hall–Kier alpha value is -1.27. The van der Waals surface area contributed by atoms with Crippen LogP contribution < -0.4 is 14.9 Å². The van der Waals surface area contributed by atoms with Crippen molar-refractivity contribution in [3.8, 4) is 11.5 Å². The fraction of sp³-hybridized carbons (Fsp3) is 0.615. The van der Waals surface area contributed by atoms with Crippen molar-refractivity contribution in [1.29, 1.82) is 0 Å². The Balaban J connectivity index is 2.39. The minimum absolute atomic E-state index is 0.397. The van der Waals surface area contributed by atoms with Crippen molar-refractivity contribution < 1.29 is 18.8 Å². The molecule has 0 atom stereocenters. The van der Waals surface area contributed by atoms with Crippen LogP contribution in [0.2, 0.25) is 0 Å². The average Bonchev–Trinajstić information content (AvgIpc) is 2.57. The lowest BCUT2D eigenvalue weighted by Gasteiger charge is -2.32. The second-order valence-electron chi connectivity index (χ2n) is 5.55. The van der Waals surface area contributed by atoms with E-state index in [0.717, 1.165) is 5.46 Å². The van der Waals surface area contributed by atoms with Crippen LogP contribution in [0, 0.1) is 0 Å². The second-order valence-corrected chi connectivity index (χ2v) is 5.55. The molecule has 0 aliphatic carbocycles. The maximum absolute atomic E-state index is 5.99. The smallest absolute Gasteiger partial charge is 0.493 e. The van der Waals surface area contributed by atoms with Crippen molar-refractivity contribution in [2.24, 2.45) is 0 Å². The monoisotopic (exact) mass is 265 g/mol. The van der Waals surface area contributed by atoms with E-state index in [1.807, 2.05) is 27.7 Å². The van der Waals surface area contributed by atoms with Gasteiger partial charge in [-0.25, -0.2) is 0 Å². The van der Waals surface area contributed by atoms with E-state index in [1.54, 1.807) is 26.6 Å². The van der Waals surface area contributed by atoms with Crippen molar-refractivity contribution >= 4 is 12.6 Å². The maximum Gasteiger partial charge on any atom is 0.500 e. The maximum atomic E-state index is 5.99. The molecule has 0 aromatic carbocycles. The van der Waals surface area contributed by atoms with E-state index in [-0.39, 0.29) is 0 Å². The number of aromatic nitrogens is 1. The fourth-order valence-electron chi connectivity index (χ4n) is 1.95. The van der Waals surface area contributed by atoms with E-state index in [0.29, 0.717) is 11.5 Å². The van der Waals surface area contributed by atoms with E-state index >= 15 is 0 Å². The van der Waals surface area contributed by atoms with Gasteiger partial charge >= 0.3 is 7.12 Å². The molecule has 104 valence electrons. The summed E-state index contributed by atoms with van der Waals surface area (Å²) in [5.41, 5.74) is -0.0576. The normalized spacial score (nSPS) is 20.4. The highest BCUT2D eigenvalue weighted by Crippen LogP contribution is 2.37. The number of ether oxygens (including phenoxy) is 2. The summed E-state index contributed by atoms with van der Waals surface area (Å²) in [5, 5.41) is 0. The molecule has 0 bridgehead atoms. The first-order chi connectivity index (χ1) is 8.82. The van der Waals surface area contributed by atoms with Gasteiger partial charge in [-0.1, -0.05) is 0 Å². The molecule has 1 aliphatic rings. The zero-order valence-corrected chi connectivity index (χ0v) is 12.3. The van der Waals surface area contributed by atoms with Crippen LogP contribution in [0.25, 0.3) is 0 Å². The third kappa shape index (κ3) is 2.30. The number of pyridine rings is 1. The van der Waals surface area contributed by atoms with Crippen LogP contribution in [0.3, 0.4) is 0 Å². The number of hydrogen-bond donors (Lipinski definition) is 0. The Labute approximate surface area is 114 Å². The standard InChI is InChI=1S/C13H20BNO4/c1-12(2)13(3,4)19-14(18-12)9-7-15-8-10(16-5)11(9)17-6/h7-8H,1-6H3. The summed E-state index contributed by atoms with van der Waals surface area (Å²) in [7, 11) is 2.66. The lowest BCUT2D eigenvalue weighted by molar-refractivity contribution is 0.00578. The van der Waals surface area contributed by atoms with Crippen LogP contribution in [0.15, 0.2) is 12.4 Å². The van der Waals surface area contributed by atoms with Gasteiger partial charge in [-0.15, -0.1) is 0 Å². The topological polar surface area (TPSA) is 49.8 Å². The van der Waals surface area contributed by atoms with Gasteiger partial charge in [0.25, 0.3) is 0 Å². The third-order valence-corrected chi connectivity index (χ3v) is 3.82. The van der Waals surface area contributed by atoms with Gasteiger partial charge in [0, 0.05) is 11.7 Å². The molecule has 2 rings (SSSR count). The van der Waals surface area contributed by atoms with Gasteiger partial charge in [-0.3, -0.25) is 4.98 Å². The van der Waals surface area contributed by atoms with Gasteiger partial charge in [0.1, 0.15) is 0 Å². The molecule has 0 radical (unpaired) electrons. The Morgan fingerprint density at radius 2 is 1.58 bits per heavy atom. The van der Waals surface area contributed by atoms with E-state index < -0.39 is 18.3 Å². The number of hydrogen-bond acceptors (Lipinski definition) is 5. The van der Waals surface area contributed by atoms with Crippen molar-refractivity contribution in [3.63, 3.8) is 0 Å². The highest BCUT2D eigenvalue weighted by molar-refractivity contribution is 6.63. The average molecular weight is 265 g/mol. The Morgan fingerprint density at radius 3 is 2.05 bits per heavy atom. The minimum atomic E-state index is -0.512. The SMILES string of the molecule is COc1cncc(B2OC(C)(C)C(C)(C)O2)c1OC. The van der Waals surface area contributed by atoms with E-state index in [2.05, 4.69) is 4.98 Å². The van der Waals surface area contributed by atoms with Crippen molar-refractivity contribution in [2.75, 3.05) is 14.2 Å². The molecule has 5 nitrogen and oxygen atoms in total. The molecule has 0 amide bonds. The molecule has 19 heavy (non-hydrogen) atoms. The number of methoxy groups -OCH3 is 2. The molecule has 0 N–H and O–H groups in total. The quantitative estimate of drug-likeness (QED) is 0.773. The van der Waals surface area contributed by atoms with Crippen LogP contribution in [0.1, 0.15) is 27.7 Å². The van der Waals surface area contributed by atoms with Gasteiger partial charge in [-0.2, -0.15) is 0 Å². The van der Waals surface area contributed by atoms with Crippen LogP contribution >= 0.6 is 0 Å². The van der Waals surface area contributed by atoms with Gasteiger partial charge in [0.2, 0.25) is 0 Å². The third-order valence-electron chi connectivity index (χ3n) is 3.82. The molecular formula is C13H20BNO4. The highest BCUT2D eigenvalue weighted by Gasteiger charge is 2.52. The molecule has 6 heteroatoms. The molecule has 1 aromatic heterocycles. The summed E-state index contributed by atoms with van der Waals surface area (Å²) in [6, 6.07) is 0. The lowest BCUT2D eigenvalue weighted by Crippen LogP contribution is -2.41. The molecule has 0 spiro atoms. The van der Waals surface area contributed by atoms with E-state index in [1.165, 1.54) is 0 Å². The summed E-state index contributed by atoms with van der Waals surface area (Å²) < 4.78 is 22.6. The largest absolute Gasteiger partial charge is 0.500 e. The van der Waals surface area contributed by atoms with Crippen LogP contribution in [0.4, 0.5) is 0 Å². The Bertz CT molecular complexity index is 460. The van der Waals surface area contributed by atoms with Crippen molar-refractivity contribution in [2.45, 2.75) is 38.9 Å². The summed E-state index contributed by atoms with van der Waals surface area (Å²) in [4.78, 5) is 4.14. The molecule has 1 fully saturated rings. The van der Waals surface area contributed by atoms with Crippen LogP contribution in [0.5, 0.6) is 11.5 Å². The van der Waals surface area contributed by atoms with E-state index in [4.69, 9.17) is 18.8 Å². The Kier molecular flexibility index (Phi) is 3.49. The number of rotatable bonds is 3. The van der Waals surface area contributed by atoms with Crippen LogP contribution in [-0.2, 0) is 9.31 Å². The van der Waals surface area contributed by atoms with Crippen molar-refractivity contribution in [3.05, 3.63) is 12.4 Å². The number of nitrogens with zero attached hydrogens (tertiary/aromatic N) is 1. The first-order valence-corrected chi connectivity index (χ1v) is 6.24. The van der Waals surface area contributed by atoms with Gasteiger partial charge < -0.3 is 18.8 Å². The summed E-state index contributed by atoms with van der Waals surface area (Å²) >= 11 is 0. The predicted molar refractivity (Wildman–Crippen MR) is 73.1 cm³/mol. The summed E-state index contributed by atoms with van der Waals surface area (Å²) in [5.74, 6) is 1.16. The van der Waals surface area contributed by atoms with Crippen molar-refractivity contribution in [1.82, 2.24) is 4.98 Å². The molecule has 0 saturated carbocycles. The highest BCUT2D eigenvalue weighted by atomic mass is 16.7. The molecule has 0 unspecified atom stereocenters. The molecule has 1 aliphatic heterocycles. The lowest BCUT2D eigenvalue weighted by atomic mass is 9.79. The zero-order valence-electron chi connectivity index (χ0n) is 12.3. The minimum Gasteiger partial charge on any atom is -0.493 e. The second kappa shape index (κ2) is 4.69. The summed E-state index contributed by atoms with van der Waals surface area (Å²) in [6.07, 6.45) is 3.29. The van der Waals surface area contributed by atoms with Crippen LogP contribution in [-0.4, -0.2) is 37.5 Å². The van der Waals surface area contributed by atoms with E-state index in [9.17, 15) is 0 Å². The van der Waals surface area contributed by atoms with Gasteiger partial charge in [0.15, 0.2) is 11.5 Å². The van der Waals surface area contributed by atoms with Gasteiger partial charge in [0.05, 0.1) is 31.6 Å². The summed E-state index contributed by atoms with van der Waals surface area (Å²) in [6.45, 7) is 8.03. The fourth-order valence-corrected chi connectivity index (χ4v) is 1.95. The zero-order chi connectivity index (χ0) is 14.3. The first kappa shape index (κ1) is 14.2. The molecule has 2 heterocycles. The molecule has 1 saturated heterocycles. The molecule has 1 aromatic rings. The van der Waals surface area contributed by atoms with Gasteiger partial charge in [-0.05, 0) is 27.7 Å². The predicted octanol–water partition coefficient (Wildman–Crippen LogP) is 1.40. The Morgan fingerprint density at radius 1 is 1.00 bits per heavy atom. The molecular weight excluding hydrogens is 245 g/mol. The first-order valence-electron chi connectivity index (χ1n) is 6.24.